The van der Waals surface area contributed by atoms with Gasteiger partial charge in [-0.2, -0.15) is 0 Å². The standard InChI is InChI=1S/C7H5N2.Re/c1-2-6-3-5-9-7(6)8-4-1;/h2-5H,(H,8,9);/q-1;. The summed E-state index contributed by atoms with van der Waals surface area (Å²) >= 11 is 0. The summed E-state index contributed by atoms with van der Waals surface area (Å²) in [5.74, 6) is 0. The smallest absolute Gasteiger partial charge is 0.0515 e. The Hall–Kier alpha value is -0.648. The molecular formula is C7H5N2Re-. The summed E-state index contributed by atoms with van der Waals surface area (Å²) < 4.78 is 0. The molecule has 51 valence electrons. The van der Waals surface area contributed by atoms with Gasteiger partial charge in [0.2, 0.25) is 0 Å². The summed E-state index contributed by atoms with van der Waals surface area (Å²) in [6.07, 6.45) is 3.52. The van der Waals surface area contributed by atoms with Crippen molar-refractivity contribution < 1.29 is 20.4 Å². The van der Waals surface area contributed by atoms with Crippen LogP contribution in [0.5, 0.6) is 0 Å². The van der Waals surface area contributed by atoms with Crippen molar-refractivity contribution >= 4 is 11.0 Å². The molecule has 1 N–H and O–H groups in total. The number of hydrogen-bond acceptors (Lipinski definition) is 1. The van der Waals surface area contributed by atoms with E-state index in [0.29, 0.717) is 0 Å². The molecule has 0 aromatic carbocycles. The third kappa shape index (κ3) is 1.11. The van der Waals surface area contributed by atoms with Crippen molar-refractivity contribution in [2.45, 2.75) is 0 Å². The largest absolute Gasteiger partial charge is 0.363 e. The zero-order valence-electron chi connectivity index (χ0n) is 5.13. The van der Waals surface area contributed by atoms with E-state index in [9.17, 15) is 0 Å². The van der Waals surface area contributed by atoms with Crippen LogP contribution in [-0.4, -0.2) is 9.97 Å². The molecule has 0 aliphatic carbocycles. The van der Waals surface area contributed by atoms with Crippen LogP contribution in [-0.2, 0) is 20.4 Å². The fraction of sp³-hybridized carbons (Fsp3) is 0. The van der Waals surface area contributed by atoms with Gasteiger partial charge in [0.05, 0.1) is 5.65 Å². The Morgan fingerprint density at radius 2 is 2.40 bits per heavy atom. The Kier molecular flexibility index (Phi) is 2.21. The third-order valence-electron chi connectivity index (χ3n) is 1.26. The molecule has 2 aromatic rings. The zero-order chi connectivity index (χ0) is 6.10. The van der Waals surface area contributed by atoms with E-state index >= 15 is 0 Å². The van der Waals surface area contributed by atoms with Crippen LogP contribution in [0.4, 0.5) is 0 Å². The van der Waals surface area contributed by atoms with Crippen LogP contribution in [0.3, 0.4) is 0 Å². The molecule has 0 fully saturated rings. The molecule has 2 heterocycles. The SMILES string of the molecule is [Re].[c-]1cnc2[nH]ccc2c1. The molecule has 1 radical (unpaired) electrons. The molecule has 0 saturated carbocycles. The number of nitrogens with one attached hydrogen (secondary N) is 1. The Morgan fingerprint density at radius 3 is 3.20 bits per heavy atom. The van der Waals surface area contributed by atoms with Crippen molar-refractivity contribution in [2.75, 3.05) is 0 Å². The van der Waals surface area contributed by atoms with E-state index in [1.807, 2.05) is 18.3 Å². The topological polar surface area (TPSA) is 28.7 Å². The van der Waals surface area contributed by atoms with Crippen molar-refractivity contribution in [2.24, 2.45) is 0 Å². The van der Waals surface area contributed by atoms with E-state index in [2.05, 4.69) is 16.0 Å². The number of H-pyrrole nitrogens is 1. The molecule has 0 aliphatic rings. The van der Waals surface area contributed by atoms with Crippen LogP contribution < -0.4 is 0 Å². The van der Waals surface area contributed by atoms with Gasteiger partial charge in [0.15, 0.2) is 0 Å². The van der Waals surface area contributed by atoms with Gasteiger partial charge in [-0.25, -0.2) is 12.1 Å². The minimum atomic E-state index is 0. The van der Waals surface area contributed by atoms with Crippen LogP contribution in [0.2, 0.25) is 0 Å². The summed E-state index contributed by atoms with van der Waals surface area (Å²) in [5, 5.41) is 1.11. The molecule has 0 aliphatic heterocycles. The summed E-state index contributed by atoms with van der Waals surface area (Å²) in [7, 11) is 0. The molecule has 0 unspecified atom stereocenters. The van der Waals surface area contributed by atoms with E-state index in [4.69, 9.17) is 0 Å². The Balaban J connectivity index is 0.000000500. The minimum absolute atomic E-state index is 0. The molecule has 0 atom stereocenters. The van der Waals surface area contributed by atoms with Crippen LogP contribution in [0.15, 0.2) is 24.5 Å². The summed E-state index contributed by atoms with van der Waals surface area (Å²) in [5.41, 5.74) is 0.925. The quantitative estimate of drug-likeness (QED) is 0.732. The Labute approximate surface area is 72.3 Å². The molecule has 2 nitrogen and oxygen atoms in total. The second-order valence-electron chi connectivity index (χ2n) is 1.85. The van der Waals surface area contributed by atoms with Crippen molar-refractivity contribution in [1.29, 1.82) is 0 Å². The second kappa shape index (κ2) is 2.96. The fourth-order valence-corrected chi connectivity index (χ4v) is 0.830. The number of rotatable bonds is 0. The number of nitrogens with zero attached hydrogens (tertiary/aromatic N) is 1. The number of pyridine rings is 1. The van der Waals surface area contributed by atoms with Gasteiger partial charge in [-0.15, -0.1) is 11.5 Å². The first kappa shape index (κ1) is 7.46. The second-order valence-corrected chi connectivity index (χ2v) is 1.85. The molecule has 0 amide bonds. The van der Waals surface area contributed by atoms with E-state index in [1.165, 1.54) is 0 Å². The maximum absolute atomic E-state index is 4.03. The Bertz CT molecular complexity index is 286. The fourth-order valence-electron chi connectivity index (χ4n) is 0.830. The predicted octanol–water partition coefficient (Wildman–Crippen LogP) is 1.36. The van der Waals surface area contributed by atoms with E-state index in [-0.39, 0.29) is 20.4 Å². The van der Waals surface area contributed by atoms with E-state index in [0.717, 1.165) is 11.0 Å². The van der Waals surface area contributed by atoms with Crippen LogP contribution in [0.1, 0.15) is 0 Å². The van der Waals surface area contributed by atoms with Crippen molar-refractivity contribution in [3.05, 3.63) is 30.6 Å². The Morgan fingerprint density at radius 1 is 1.50 bits per heavy atom. The van der Waals surface area contributed by atoms with Crippen molar-refractivity contribution in [3.63, 3.8) is 0 Å². The summed E-state index contributed by atoms with van der Waals surface area (Å²) in [6.45, 7) is 0. The molecule has 0 bridgehead atoms. The maximum Gasteiger partial charge on any atom is 0.0515 e. The van der Waals surface area contributed by atoms with E-state index < -0.39 is 0 Å². The van der Waals surface area contributed by atoms with Gasteiger partial charge >= 0.3 is 0 Å². The van der Waals surface area contributed by atoms with Gasteiger partial charge in [0, 0.05) is 20.4 Å². The molecule has 0 spiro atoms. The van der Waals surface area contributed by atoms with Gasteiger partial charge in [-0.05, 0) is 6.20 Å². The van der Waals surface area contributed by atoms with Crippen molar-refractivity contribution in [3.8, 4) is 0 Å². The average Bonchev–Trinajstić information content (AvgIpc) is 2.33. The molecule has 10 heavy (non-hydrogen) atoms. The molecule has 0 saturated heterocycles. The molecule has 2 aromatic heterocycles. The molecular weight excluding hydrogens is 298 g/mol. The first-order chi connectivity index (χ1) is 4.47. The predicted molar refractivity (Wildman–Crippen MR) is 34.9 cm³/mol. The number of aromatic amines is 1. The normalized spacial score (nSPS) is 9.20. The third-order valence-corrected chi connectivity index (χ3v) is 1.26. The van der Waals surface area contributed by atoms with Crippen LogP contribution in [0.25, 0.3) is 11.0 Å². The molecule has 2 rings (SSSR count). The average molecular weight is 303 g/mol. The minimum Gasteiger partial charge on any atom is -0.363 e. The summed E-state index contributed by atoms with van der Waals surface area (Å²) in [4.78, 5) is 7.02. The number of aromatic nitrogens is 2. The van der Waals surface area contributed by atoms with Gasteiger partial charge < -0.3 is 4.98 Å². The maximum atomic E-state index is 4.03. The number of fused-ring (bicyclic) bond motifs is 1. The van der Waals surface area contributed by atoms with E-state index in [1.54, 1.807) is 6.20 Å². The molecule has 3 heteroatoms. The van der Waals surface area contributed by atoms with Gasteiger partial charge in [-0.3, -0.25) is 4.98 Å². The first-order valence-corrected chi connectivity index (χ1v) is 2.76. The van der Waals surface area contributed by atoms with Crippen LogP contribution in [0, 0.1) is 6.07 Å². The first-order valence-electron chi connectivity index (χ1n) is 2.76. The van der Waals surface area contributed by atoms with Crippen molar-refractivity contribution in [1.82, 2.24) is 9.97 Å². The number of hydrogen-bond donors (Lipinski definition) is 1. The zero-order valence-corrected chi connectivity index (χ0v) is 7.85. The monoisotopic (exact) mass is 304 g/mol. The van der Waals surface area contributed by atoms with Gasteiger partial charge in [-0.1, -0.05) is 6.20 Å². The summed E-state index contributed by atoms with van der Waals surface area (Å²) in [6, 6.07) is 6.76. The van der Waals surface area contributed by atoms with Crippen LogP contribution >= 0.6 is 0 Å². The van der Waals surface area contributed by atoms with Gasteiger partial charge in [0.1, 0.15) is 0 Å². The van der Waals surface area contributed by atoms with Gasteiger partial charge in [0.25, 0.3) is 0 Å².